The first-order chi connectivity index (χ1) is 11.6. The summed E-state index contributed by atoms with van der Waals surface area (Å²) in [6.45, 7) is 5.96. The largest absolute Gasteiger partial charge is 0.341 e. The first kappa shape index (κ1) is 23.6. The average molecular weight is 420 g/mol. The maximum Gasteiger partial charge on any atom is 0.242 e. The Kier molecular flexibility index (Phi) is 9.76. The van der Waals surface area contributed by atoms with E-state index in [1.165, 1.54) is 24.6 Å². The topological polar surface area (TPSA) is 49.6 Å². The minimum absolute atomic E-state index is 0. The summed E-state index contributed by atoms with van der Waals surface area (Å²) >= 11 is 2.05. The van der Waals surface area contributed by atoms with Crippen molar-refractivity contribution in [2.24, 2.45) is 5.73 Å². The first-order valence-electron chi connectivity index (χ1n) is 9.00. The van der Waals surface area contributed by atoms with Gasteiger partial charge in [-0.2, -0.15) is 11.8 Å². The highest BCUT2D eigenvalue weighted by Gasteiger charge is 2.35. The van der Waals surface area contributed by atoms with Crippen LogP contribution < -0.4 is 5.73 Å². The van der Waals surface area contributed by atoms with Gasteiger partial charge in [-0.3, -0.25) is 9.69 Å². The third-order valence-electron chi connectivity index (χ3n) is 5.22. The number of likely N-dealkylation sites (tertiary alicyclic amines) is 1. The van der Waals surface area contributed by atoms with E-state index in [0.717, 1.165) is 31.5 Å². The highest BCUT2D eigenvalue weighted by Crippen LogP contribution is 2.23. The van der Waals surface area contributed by atoms with Crippen LogP contribution in [0.3, 0.4) is 0 Å². The van der Waals surface area contributed by atoms with Crippen molar-refractivity contribution in [1.82, 2.24) is 9.80 Å². The highest BCUT2D eigenvalue weighted by atomic mass is 35.5. The van der Waals surface area contributed by atoms with E-state index in [0.29, 0.717) is 12.5 Å². The molecule has 2 aliphatic rings. The summed E-state index contributed by atoms with van der Waals surface area (Å²) in [5, 5.41) is 0. The molecule has 0 unspecified atom stereocenters. The normalized spacial score (nSPS) is 21.2. The molecule has 0 aliphatic carbocycles. The quantitative estimate of drug-likeness (QED) is 0.814. The molecule has 2 N–H and O–H groups in total. The zero-order valence-electron chi connectivity index (χ0n) is 15.4. The standard InChI is InChI=1S/C19H29N3OS.2ClH/c1-19(20,15-16-5-3-2-4-6-16)18(23)22-9-7-17(8-10-22)21-11-13-24-14-12-21;;/h2-6,17H,7-15,20H2,1H3;2*1H/t19-;;/m0../s1. The van der Waals surface area contributed by atoms with Crippen molar-refractivity contribution in [3.8, 4) is 0 Å². The zero-order chi connectivity index (χ0) is 17.0. The number of amides is 1. The van der Waals surface area contributed by atoms with Crippen LogP contribution in [0.1, 0.15) is 25.3 Å². The van der Waals surface area contributed by atoms with Gasteiger partial charge >= 0.3 is 0 Å². The number of benzene rings is 1. The Bertz CT molecular complexity index is 545. The molecule has 1 aromatic rings. The van der Waals surface area contributed by atoms with Crippen LogP contribution >= 0.6 is 36.6 Å². The van der Waals surface area contributed by atoms with Gasteiger partial charge in [-0.1, -0.05) is 30.3 Å². The van der Waals surface area contributed by atoms with E-state index < -0.39 is 5.54 Å². The zero-order valence-corrected chi connectivity index (χ0v) is 17.9. The van der Waals surface area contributed by atoms with Crippen LogP contribution in [0.15, 0.2) is 30.3 Å². The van der Waals surface area contributed by atoms with Crippen LogP contribution in [-0.2, 0) is 11.2 Å². The highest BCUT2D eigenvalue weighted by molar-refractivity contribution is 7.99. The minimum atomic E-state index is -0.823. The summed E-state index contributed by atoms with van der Waals surface area (Å²) in [6, 6.07) is 10.7. The number of carbonyl (C=O) groups excluding carboxylic acids is 1. The lowest BCUT2D eigenvalue weighted by Gasteiger charge is -2.41. The van der Waals surface area contributed by atoms with Crippen LogP contribution in [0.2, 0.25) is 0 Å². The molecule has 1 atom stereocenters. The number of nitrogens with two attached hydrogens (primary N) is 1. The van der Waals surface area contributed by atoms with E-state index in [4.69, 9.17) is 5.73 Å². The Morgan fingerprint density at radius 2 is 1.69 bits per heavy atom. The number of rotatable bonds is 4. The van der Waals surface area contributed by atoms with Crippen LogP contribution in [0, 0.1) is 0 Å². The molecule has 0 radical (unpaired) electrons. The van der Waals surface area contributed by atoms with Crippen molar-refractivity contribution in [2.45, 2.75) is 37.8 Å². The summed E-state index contributed by atoms with van der Waals surface area (Å²) in [4.78, 5) is 17.5. The minimum Gasteiger partial charge on any atom is -0.341 e. The summed E-state index contributed by atoms with van der Waals surface area (Å²) < 4.78 is 0. The second kappa shape index (κ2) is 10.8. The lowest BCUT2D eigenvalue weighted by molar-refractivity contribution is -0.138. The molecular formula is C19H31Cl2N3OS. The maximum absolute atomic E-state index is 12.9. The fourth-order valence-electron chi connectivity index (χ4n) is 3.83. The molecule has 0 bridgehead atoms. The number of hydrogen-bond donors (Lipinski definition) is 1. The van der Waals surface area contributed by atoms with Gasteiger partial charge in [0.2, 0.25) is 5.91 Å². The molecule has 4 nitrogen and oxygen atoms in total. The molecule has 2 aliphatic heterocycles. The second-order valence-electron chi connectivity index (χ2n) is 7.25. The van der Waals surface area contributed by atoms with E-state index >= 15 is 0 Å². The van der Waals surface area contributed by atoms with Crippen LogP contribution in [0.5, 0.6) is 0 Å². The maximum atomic E-state index is 12.9. The number of halogens is 2. The van der Waals surface area contributed by atoms with Gasteiger partial charge in [-0.05, 0) is 31.7 Å². The van der Waals surface area contributed by atoms with Gasteiger partial charge in [-0.15, -0.1) is 24.8 Å². The van der Waals surface area contributed by atoms with Gasteiger partial charge in [0, 0.05) is 43.7 Å². The Hall–Kier alpha value is -0.460. The van der Waals surface area contributed by atoms with E-state index in [9.17, 15) is 4.79 Å². The Morgan fingerprint density at radius 3 is 2.27 bits per heavy atom. The van der Waals surface area contributed by atoms with Gasteiger partial charge in [-0.25, -0.2) is 0 Å². The van der Waals surface area contributed by atoms with Crippen molar-refractivity contribution < 1.29 is 4.79 Å². The fraction of sp³-hybridized carbons (Fsp3) is 0.632. The molecule has 2 fully saturated rings. The number of hydrogen-bond acceptors (Lipinski definition) is 4. The van der Waals surface area contributed by atoms with Gasteiger partial charge in [0.05, 0.1) is 5.54 Å². The smallest absolute Gasteiger partial charge is 0.242 e. The molecule has 148 valence electrons. The van der Waals surface area contributed by atoms with Gasteiger partial charge in [0.1, 0.15) is 0 Å². The van der Waals surface area contributed by atoms with Crippen LogP contribution in [0.25, 0.3) is 0 Å². The van der Waals surface area contributed by atoms with Gasteiger partial charge < -0.3 is 10.6 Å². The molecule has 1 amide bonds. The van der Waals surface area contributed by atoms with Crippen LogP contribution in [0.4, 0.5) is 0 Å². The van der Waals surface area contributed by atoms with Crippen molar-refractivity contribution in [3.05, 3.63) is 35.9 Å². The van der Waals surface area contributed by atoms with E-state index in [2.05, 4.69) is 4.90 Å². The van der Waals surface area contributed by atoms with Crippen molar-refractivity contribution in [1.29, 1.82) is 0 Å². The second-order valence-corrected chi connectivity index (χ2v) is 8.48. The van der Waals surface area contributed by atoms with E-state index in [1.807, 2.05) is 53.9 Å². The summed E-state index contributed by atoms with van der Waals surface area (Å²) in [6.07, 6.45) is 2.76. The van der Waals surface area contributed by atoms with Gasteiger partial charge in [0.25, 0.3) is 0 Å². The molecule has 2 heterocycles. The molecule has 26 heavy (non-hydrogen) atoms. The third kappa shape index (κ3) is 6.03. The Labute approximate surface area is 174 Å². The molecule has 0 aromatic heterocycles. The average Bonchev–Trinajstić information content (AvgIpc) is 2.62. The van der Waals surface area contributed by atoms with E-state index in [1.54, 1.807) is 0 Å². The molecule has 0 saturated carbocycles. The third-order valence-corrected chi connectivity index (χ3v) is 6.16. The predicted molar refractivity (Wildman–Crippen MR) is 116 cm³/mol. The lowest BCUT2D eigenvalue weighted by Crippen LogP contribution is -2.58. The molecule has 3 rings (SSSR count). The Balaban J connectivity index is 0.00000169. The summed E-state index contributed by atoms with van der Waals surface area (Å²) in [5.74, 6) is 2.59. The molecule has 0 spiro atoms. The van der Waals surface area contributed by atoms with Crippen molar-refractivity contribution in [2.75, 3.05) is 37.7 Å². The first-order valence-corrected chi connectivity index (χ1v) is 10.2. The SMILES string of the molecule is C[C@](N)(Cc1ccccc1)C(=O)N1CCC(N2CCSCC2)CC1.Cl.Cl. The van der Waals surface area contributed by atoms with Crippen molar-refractivity contribution >= 4 is 42.5 Å². The summed E-state index contributed by atoms with van der Waals surface area (Å²) in [7, 11) is 0. The molecule has 1 aromatic carbocycles. The lowest BCUT2D eigenvalue weighted by atomic mass is 9.91. The van der Waals surface area contributed by atoms with Crippen molar-refractivity contribution in [3.63, 3.8) is 0 Å². The number of thioether (sulfide) groups is 1. The number of piperidine rings is 1. The van der Waals surface area contributed by atoms with Gasteiger partial charge in [0.15, 0.2) is 0 Å². The monoisotopic (exact) mass is 419 g/mol. The van der Waals surface area contributed by atoms with E-state index in [-0.39, 0.29) is 30.7 Å². The number of nitrogens with zero attached hydrogens (tertiary/aromatic N) is 2. The van der Waals surface area contributed by atoms with Crippen LogP contribution in [-0.4, -0.2) is 65.0 Å². The Morgan fingerprint density at radius 1 is 1.12 bits per heavy atom. The summed E-state index contributed by atoms with van der Waals surface area (Å²) in [5.41, 5.74) is 6.69. The molecular weight excluding hydrogens is 389 g/mol. The molecule has 2 saturated heterocycles. The molecule has 7 heteroatoms. The fourth-order valence-corrected chi connectivity index (χ4v) is 4.76. The predicted octanol–water partition coefficient (Wildman–Crippen LogP) is 2.83. The number of carbonyl (C=O) groups is 1.